The van der Waals surface area contributed by atoms with Gasteiger partial charge >= 0.3 is 0 Å². The third-order valence-corrected chi connectivity index (χ3v) is 4.93. The Morgan fingerprint density at radius 3 is 2.43 bits per heavy atom. The third-order valence-electron chi connectivity index (χ3n) is 3.40. The molecule has 0 unspecified atom stereocenters. The van der Waals surface area contributed by atoms with Gasteiger partial charge in [0.05, 0.1) is 22.9 Å². The molecule has 1 aliphatic rings. The number of ketones is 1. The number of nitrogens with zero attached hydrogens (tertiary/aromatic N) is 2. The van der Waals surface area contributed by atoms with Crippen LogP contribution in [0.5, 0.6) is 0 Å². The van der Waals surface area contributed by atoms with Crippen molar-refractivity contribution >= 4 is 39.8 Å². The summed E-state index contributed by atoms with van der Waals surface area (Å²) in [5.74, 6) is 0.123. The van der Waals surface area contributed by atoms with Gasteiger partial charge in [-0.05, 0) is 26.0 Å². The van der Waals surface area contributed by atoms with Crippen LogP contribution in [0.4, 0.5) is 5.69 Å². The van der Waals surface area contributed by atoms with Crippen LogP contribution in [0, 0.1) is 10.1 Å². The monoisotopic (exact) mass is 354 g/mol. The van der Waals surface area contributed by atoms with E-state index in [1.165, 1.54) is 36.0 Å². The molecule has 1 aromatic rings. The number of nitro benzene ring substituents is 1. The SMILES string of the molecule is C[C@@H]1CN(C(=S)SCC(=O)c2ccc([N+](=O)[O-])cc2)C[C@H](C)O1. The van der Waals surface area contributed by atoms with Crippen LogP contribution in [-0.2, 0) is 4.74 Å². The Balaban J connectivity index is 1.88. The number of carbonyl (C=O) groups excluding carboxylic acids is 1. The van der Waals surface area contributed by atoms with Crippen molar-refractivity contribution in [2.24, 2.45) is 0 Å². The molecule has 8 heteroatoms. The molecule has 1 aliphatic heterocycles. The number of thiocarbonyl (C=S) groups is 1. The molecule has 1 fully saturated rings. The molecule has 1 aromatic carbocycles. The Hall–Kier alpha value is -1.51. The van der Waals surface area contributed by atoms with Crippen molar-refractivity contribution in [2.45, 2.75) is 26.1 Å². The fourth-order valence-corrected chi connectivity index (χ4v) is 3.48. The lowest BCUT2D eigenvalue weighted by molar-refractivity contribution is -0.384. The first kappa shape index (κ1) is 17.8. The number of rotatable bonds is 4. The van der Waals surface area contributed by atoms with Crippen molar-refractivity contribution in [3.63, 3.8) is 0 Å². The molecule has 0 N–H and O–H groups in total. The summed E-state index contributed by atoms with van der Waals surface area (Å²) in [5.41, 5.74) is 0.427. The molecule has 6 nitrogen and oxygen atoms in total. The molecule has 0 aromatic heterocycles. The number of non-ortho nitro benzene ring substituents is 1. The Bertz CT molecular complexity index is 596. The van der Waals surface area contributed by atoms with Gasteiger partial charge < -0.3 is 9.64 Å². The maximum absolute atomic E-state index is 12.1. The van der Waals surface area contributed by atoms with Crippen LogP contribution in [0.25, 0.3) is 0 Å². The van der Waals surface area contributed by atoms with Gasteiger partial charge in [0.25, 0.3) is 5.69 Å². The number of thioether (sulfide) groups is 1. The van der Waals surface area contributed by atoms with E-state index in [9.17, 15) is 14.9 Å². The predicted molar refractivity (Wildman–Crippen MR) is 94.1 cm³/mol. The molecule has 0 spiro atoms. The molecule has 124 valence electrons. The lowest BCUT2D eigenvalue weighted by Crippen LogP contribution is -2.46. The van der Waals surface area contributed by atoms with Gasteiger partial charge in [-0.15, -0.1) is 0 Å². The molecule has 1 saturated heterocycles. The molecule has 0 bridgehead atoms. The summed E-state index contributed by atoms with van der Waals surface area (Å²) in [6, 6.07) is 5.62. The molecule has 0 aliphatic carbocycles. The van der Waals surface area contributed by atoms with E-state index in [1.807, 2.05) is 13.8 Å². The van der Waals surface area contributed by atoms with Crippen molar-refractivity contribution in [3.05, 3.63) is 39.9 Å². The lowest BCUT2D eigenvalue weighted by Gasteiger charge is -2.36. The average molecular weight is 354 g/mol. The number of hydrogen-bond acceptors (Lipinski definition) is 6. The largest absolute Gasteiger partial charge is 0.372 e. The fraction of sp³-hybridized carbons (Fsp3) is 0.467. The number of benzene rings is 1. The van der Waals surface area contributed by atoms with E-state index < -0.39 is 4.92 Å². The number of carbonyl (C=O) groups is 1. The van der Waals surface area contributed by atoms with Crippen LogP contribution in [-0.4, -0.2) is 51.0 Å². The summed E-state index contributed by atoms with van der Waals surface area (Å²) in [6.07, 6.45) is 0.227. The molecular formula is C15H18N2O4S2. The zero-order chi connectivity index (χ0) is 17.0. The Morgan fingerprint density at radius 2 is 1.91 bits per heavy atom. The van der Waals surface area contributed by atoms with Crippen molar-refractivity contribution < 1.29 is 14.5 Å². The summed E-state index contributed by atoms with van der Waals surface area (Å²) in [4.78, 5) is 24.3. The zero-order valence-electron chi connectivity index (χ0n) is 12.9. The van der Waals surface area contributed by atoms with Crippen LogP contribution in [0.15, 0.2) is 24.3 Å². The van der Waals surface area contributed by atoms with Crippen LogP contribution >= 0.6 is 24.0 Å². The van der Waals surface area contributed by atoms with Crippen molar-refractivity contribution in [1.82, 2.24) is 4.90 Å². The summed E-state index contributed by atoms with van der Waals surface area (Å²) < 4.78 is 6.34. The number of nitro groups is 1. The highest BCUT2D eigenvalue weighted by molar-refractivity contribution is 8.23. The van der Waals surface area contributed by atoms with Crippen LogP contribution in [0.1, 0.15) is 24.2 Å². The van der Waals surface area contributed by atoms with E-state index in [0.717, 1.165) is 13.1 Å². The number of ether oxygens (including phenoxy) is 1. The van der Waals surface area contributed by atoms with E-state index in [4.69, 9.17) is 17.0 Å². The minimum atomic E-state index is -0.487. The minimum Gasteiger partial charge on any atom is -0.372 e. The third kappa shape index (κ3) is 4.98. The predicted octanol–water partition coefficient (Wildman–Crippen LogP) is 2.90. The van der Waals surface area contributed by atoms with Gasteiger partial charge in [-0.1, -0.05) is 24.0 Å². The first-order valence-corrected chi connectivity index (χ1v) is 8.61. The molecule has 2 rings (SSSR count). The highest BCUT2D eigenvalue weighted by atomic mass is 32.2. The van der Waals surface area contributed by atoms with E-state index in [1.54, 1.807) is 0 Å². The Kier molecular flexibility index (Phi) is 6.09. The Morgan fingerprint density at radius 1 is 1.35 bits per heavy atom. The molecule has 0 saturated carbocycles. The standard InChI is InChI=1S/C15H18N2O4S2/c1-10-7-16(8-11(2)21-10)15(22)23-9-14(18)12-3-5-13(6-4-12)17(19)20/h3-6,10-11H,7-9H2,1-2H3/t10-,11+. The van der Waals surface area contributed by atoms with E-state index >= 15 is 0 Å². The van der Waals surface area contributed by atoms with Crippen LogP contribution in [0.3, 0.4) is 0 Å². The second-order valence-electron chi connectivity index (χ2n) is 5.44. The van der Waals surface area contributed by atoms with Crippen LogP contribution in [0.2, 0.25) is 0 Å². The lowest BCUT2D eigenvalue weighted by atomic mass is 10.1. The fourth-order valence-electron chi connectivity index (χ4n) is 2.40. The van der Waals surface area contributed by atoms with Crippen molar-refractivity contribution in [3.8, 4) is 0 Å². The second kappa shape index (κ2) is 7.85. The molecular weight excluding hydrogens is 336 g/mol. The summed E-state index contributed by atoms with van der Waals surface area (Å²) in [6.45, 7) is 5.44. The van der Waals surface area contributed by atoms with Crippen molar-refractivity contribution in [1.29, 1.82) is 0 Å². The van der Waals surface area contributed by atoms with E-state index in [-0.39, 0.29) is 29.4 Å². The molecule has 1 heterocycles. The molecule has 0 radical (unpaired) electrons. The van der Waals surface area contributed by atoms with Gasteiger partial charge in [0.15, 0.2) is 5.78 Å². The summed E-state index contributed by atoms with van der Waals surface area (Å²) >= 11 is 6.71. The Labute approximate surface area is 144 Å². The smallest absolute Gasteiger partial charge is 0.269 e. The molecule has 2 atom stereocenters. The second-order valence-corrected chi connectivity index (χ2v) is 7.05. The van der Waals surface area contributed by atoms with E-state index in [2.05, 4.69) is 4.90 Å². The number of Topliss-reactive ketones (excluding diaryl/α,β-unsaturated/α-hetero) is 1. The van der Waals surface area contributed by atoms with Crippen LogP contribution < -0.4 is 0 Å². The number of morpholine rings is 1. The van der Waals surface area contributed by atoms with Gasteiger partial charge in [0.2, 0.25) is 0 Å². The van der Waals surface area contributed by atoms with Gasteiger partial charge in [-0.25, -0.2) is 0 Å². The molecule has 0 amide bonds. The molecule has 23 heavy (non-hydrogen) atoms. The highest BCUT2D eigenvalue weighted by Gasteiger charge is 2.24. The van der Waals surface area contributed by atoms with Crippen molar-refractivity contribution in [2.75, 3.05) is 18.8 Å². The topological polar surface area (TPSA) is 72.7 Å². The first-order valence-electron chi connectivity index (χ1n) is 7.21. The van der Waals surface area contributed by atoms with E-state index in [0.29, 0.717) is 9.88 Å². The quantitative estimate of drug-likeness (QED) is 0.356. The van der Waals surface area contributed by atoms with Gasteiger partial charge in [-0.2, -0.15) is 0 Å². The normalized spacial score (nSPS) is 21.0. The maximum atomic E-state index is 12.1. The summed E-state index contributed by atoms with van der Waals surface area (Å²) in [7, 11) is 0. The summed E-state index contributed by atoms with van der Waals surface area (Å²) in [5, 5.41) is 10.6. The zero-order valence-corrected chi connectivity index (χ0v) is 14.6. The number of hydrogen-bond donors (Lipinski definition) is 0. The maximum Gasteiger partial charge on any atom is 0.269 e. The van der Waals surface area contributed by atoms with Gasteiger partial charge in [0.1, 0.15) is 4.32 Å². The van der Waals surface area contributed by atoms with Gasteiger partial charge in [0, 0.05) is 30.8 Å². The highest BCUT2D eigenvalue weighted by Crippen LogP contribution is 2.19. The van der Waals surface area contributed by atoms with Gasteiger partial charge in [-0.3, -0.25) is 14.9 Å². The first-order chi connectivity index (χ1) is 10.9. The minimum absolute atomic E-state index is 0.0268. The average Bonchev–Trinajstić information content (AvgIpc) is 2.51.